The molecule has 0 bridgehead atoms. The van der Waals surface area contributed by atoms with Crippen LogP contribution in [-0.4, -0.2) is 17.7 Å². The van der Waals surface area contributed by atoms with Crippen LogP contribution in [0.25, 0.3) is 0 Å². The summed E-state index contributed by atoms with van der Waals surface area (Å²) in [7, 11) is 0. The van der Waals surface area contributed by atoms with Gasteiger partial charge in [0, 0.05) is 6.08 Å². The normalized spacial score (nSPS) is 13.2. The lowest BCUT2D eigenvalue weighted by molar-refractivity contribution is -0.137. The zero-order chi connectivity index (χ0) is 12.7. The predicted octanol–water partition coefficient (Wildman–Crippen LogP) is 2.62. The van der Waals surface area contributed by atoms with Crippen LogP contribution in [0.1, 0.15) is 31.9 Å². The molecular weight excluding hydrogens is 216 g/mol. The Morgan fingerprint density at radius 3 is 2.65 bits per heavy atom. The van der Waals surface area contributed by atoms with Crippen molar-refractivity contribution in [3.05, 3.63) is 47.5 Å². The maximum atomic E-state index is 11.2. The van der Waals surface area contributed by atoms with Crippen molar-refractivity contribution in [3.8, 4) is 0 Å². The second-order valence-electron chi connectivity index (χ2n) is 3.87. The van der Waals surface area contributed by atoms with Gasteiger partial charge in [-0.1, -0.05) is 35.9 Å². The van der Waals surface area contributed by atoms with E-state index in [9.17, 15) is 9.90 Å². The third-order valence-corrected chi connectivity index (χ3v) is 2.35. The third-order valence-electron chi connectivity index (χ3n) is 2.35. The summed E-state index contributed by atoms with van der Waals surface area (Å²) < 4.78 is 4.80. The van der Waals surface area contributed by atoms with Crippen LogP contribution in [0.4, 0.5) is 0 Å². The van der Waals surface area contributed by atoms with Crippen LogP contribution in [0.2, 0.25) is 0 Å². The molecule has 1 N–H and O–H groups in total. The average molecular weight is 234 g/mol. The van der Waals surface area contributed by atoms with Gasteiger partial charge in [-0.3, -0.25) is 0 Å². The molecule has 0 saturated carbocycles. The van der Waals surface area contributed by atoms with Gasteiger partial charge in [0.25, 0.3) is 0 Å². The molecule has 0 aliphatic heterocycles. The highest BCUT2D eigenvalue weighted by molar-refractivity contribution is 5.82. The van der Waals surface area contributed by atoms with E-state index in [4.69, 9.17) is 4.74 Å². The fourth-order valence-electron chi connectivity index (χ4n) is 1.54. The first kappa shape index (κ1) is 13.5. The molecule has 0 saturated heterocycles. The van der Waals surface area contributed by atoms with Gasteiger partial charge in [0.1, 0.15) is 0 Å². The number of ether oxygens (including phenoxy) is 1. The first-order valence-electron chi connectivity index (χ1n) is 5.70. The van der Waals surface area contributed by atoms with E-state index < -0.39 is 6.10 Å². The van der Waals surface area contributed by atoms with E-state index in [1.165, 1.54) is 6.08 Å². The smallest absolute Gasteiger partial charge is 0.330 e. The van der Waals surface area contributed by atoms with E-state index in [1.54, 1.807) is 6.92 Å². The standard InChI is InChI=1S/C14H18O3/c1-3-17-14(16)10-11(2)9-13(15)12-7-5-4-6-8-12/h4-8,10,13,15H,3,9H2,1-2H3/b11-10-. The molecular formula is C14H18O3. The van der Waals surface area contributed by atoms with Crippen LogP contribution in [0, 0.1) is 0 Å². The van der Waals surface area contributed by atoms with Gasteiger partial charge in [-0.2, -0.15) is 0 Å². The molecule has 3 nitrogen and oxygen atoms in total. The molecule has 0 fully saturated rings. The summed E-state index contributed by atoms with van der Waals surface area (Å²) in [5.41, 5.74) is 1.66. The number of carbonyl (C=O) groups excluding carboxylic acids is 1. The molecule has 0 aromatic heterocycles. The molecule has 3 heteroatoms. The maximum Gasteiger partial charge on any atom is 0.330 e. The van der Waals surface area contributed by atoms with E-state index in [0.29, 0.717) is 13.0 Å². The fourth-order valence-corrected chi connectivity index (χ4v) is 1.54. The first-order valence-corrected chi connectivity index (χ1v) is 5.70. The van der Waals surface area contributed by atoms with E-state index in [0.717, 1.165) is 11.1 Å². The molecule has 0 radical (unpaired) electrons. The van der Waals surface area contributed by atoms with Crippen molar-refractivity contribution in [2.75, 3.05) is 6.61 Å². The minimum absolute atomic E-state index is 0.356. The van der Waals surface area contributed by atoms with Gasteiger partial charge in [-0.05, 0) is 25.8 Å². The Morgan fingerprint density at radius 2 is 2.06 bits per heavy atom. The lowest BCUT2D eigenvalue weighted by Crippen LogP contribution is -2.03. The molecule has 0 heterocycles. The lowest BCUT2D eigenvalue weighted by Gasteiger charge is -2.10. The zero-order valence-electron chi connectivity index (χ0n) is 10.2. The SMILES string of the molecule is CCOC(=O)/C=C(/C)CC(O)c1ccccc1. The van der Waals surface area contributed by atoms with E-state index >= 15 is 0 Å². The van der Waals surface area contributed by atoms with Crippen molar-refractivity contribution in [1.29, 1.82) is 0 Å². The van der Waals surface area contributed by atoms with E-state index in [1.807, 2.05) is 37.3 Å². The quantitative estimate of drug-likeness (QED) is 0.629. The van der Waals surface area contributed by atoms with Gasteiger partial charge >= 0.3 is 5.97 Å². The van der Waals surface area contributed by atoms with E-state index in [-0.39, 0.29) is 5.97 Å². The number of hydrogen-bond acceptors (Lipinski definition) is 3. The van der Waals surface area contributed by atoms with Crippen LogP contribution < -0.4 is 0 Å². The van der Waals surface area contributed by atoms with Gasteiger partial charge in [-0.25, -0.2) is 4.79 Å². The summed E-state index contributed by atoms with van der Waals surface area (Å²) in [5, 5.41) is 9.94. The monoisotopic (exact) mass is 234 g/mol. The number of hydrogen-bond donors (Lipinski definition) is 1. The van der Waals surface area contributed by atoms with Crippen molar-refractivity contribution in [3.63, 3.8) is 0 Å². The number of rotatable bonds is 5. The Hall–Kier alpha value is -1.61. The molecule has 1 aromatic carbocycles. The summed E-state index contributed by atoms with van der Waals surface area (Å²) >= 11 is 0. The van der Waals surface area contributed by atoms with Crippen molar-refractivity contribution < 1.29 is 14.6 Å². The maximum absolute atomic E-state index is 11.2. The van der Waals surface area contributed by atoms with Gasteiger partial charge in [0.15, 0.2) is 0 Å². The number of aliphatic hydroxyl groups excluding tert-OH is 1. The Labute approximate surface area is 102 Å². The van der Waals surface area contributed by atoms with Crippen LogP contribution in [0.3, 0.4) is 0 Å². The Morgan fingerprint density at radius 1 is 1.41 bits per heavy atom. The average Bonchev–Trinajstić information content (AvgIpc) is 2.30. The highest BCUT2D eigenvalue weighted by Gasteiger charge is 2.08. The molecule has 1 rings (SSSR count). The Balaban J connectivity index is 2.57. The molecule has 0 aliphatic rings. The van der Waals surface area contributed by atoms with Gasteiger partial charge in [0.2, 0.25) is 0 Å². The van der Waals surface area contributed by atoms with Gasteiger partial charge in [-0.15, -0.1) is 0 Å². The van der Waals surface area contributed by atoms with Crippen molar-refractivity contribution in [1.82, 2.24) is 0 Å². The zero-order valence-corrected chi connectivity index (χ0v) is 10.2. The first-order chi connectivity index (χ1) is 8.13. The molecule has 92 valence electrons. The summed E-state index contributed by atoms with van der Waals surface area (Å²) in [6.45, 7) is 3.94. The van der Waals surface area contributed by atoms with Gasteiger partial charge < -0.3 is 9.84 Å². The van der Waals surface area contributed by atoms with Crippen LogP contribution in [-0.2, 0) is 9.53 Å². The van der Waals surface area contributed by atoms with Gasteiger partial charge in [0.05, 0.1) is 12.7 Å². The number of esters is 1. The fraction of sp³-hybridized carbons (Fsp3) is 0.357. The topological polar surface area (TPSA) is 46.5 Å². The van der Waals surface area contributed by atoms with Crippen LogP contribution in [0.15, 0.2) is 42.0 Å². The largest absolute Gasteiger partial charge is 0.463 e. The summed E-state index contributed by atoms with van der Waals surface area (Å²) in [4.78, 5) is 11.2. The lowest BCUT2D eigenvalue weighted by atomic mass is 10.0. The number of carbonyl (C=O) groups is 1. The molecule has 0 spiro atoms. The Kier molecular flexibility index (Phi) is 5.43. The number of benzene rings is 1. The van der Waals surface area contributed by atoms with Crippen LogP contribution >= 0.6 is 0 Å². The summed E-state index contributed by atoms with van der Waals surface area (Å²) in [5.74, 6) is -0.356. The molecule has 1 unspecified atom stereocenters. The number of aliphatic hydroxyl groups is 1. The van der Waals surface area contributed by atoms with Crippen molar-refractivity contribution in [2.24, 2.45) is 0 Å². The summed E-state index contributed by atoms with van der Waals surface area (Å²) in [6, 6.07) is 9.38. The molecule has 1 aromatic rings. The molecule has 0 aliphatic carbocycles. The molecule has 0 amide bonds. The second-order valence-corrected chi connectivity index (χ2v) is 3.87. The molecule has 17 heavy (non-hydrogen) atoms. The molecule has 1 atom stereocenters. The predicted molar refractivity (Wildman–Crippen MR) is 66.4 cm³/mol. The third kappa shape index (κ3) is 4.83. The highest BCUT2D eigenvalue weighted by atomic mass is 16.5. The second kappa shape index (κ2) is 6.86. The van der Waals surface area contributed by atoms with Crippen molar-refractivity contribution in [2.45, 2.75) is 26.4 Å². The minimum Gasteiger partial charge on any atom is -0.463 e. The Bertz CT molecular complexity index is 382. The van der Waals surface area contributed by atoms with E-state index in [2.05, 4.69) is 0 Å². The van der Waals surface area contributed by atoms with Crippen LogP contribution in [0.5, 0.6) is 0 Å². The highest BCUT2D eigenvalue weighted by Crippen LogP contribution is 2.20. The summed E-state index contributed by atoms with van der Waals surface area (Å²) in [6.07, 6.45) is 1.28. The van der Waals surface area contributed by atoms with Crippen molar-refractivity contribution >= 4 is 5.97 Å². The minimum atomic E-state index is -0.582.